The van der Waals surface area contributed by atoms with Gasteiger partial charge in [0.25, 0.3) is 5.91 Å². The number of carboxylic acid groups (broad SMARTS) is 1. The second-order valence-electron chi connectivity index (χ2n) is 4.49. The molecular weight excluding hydrogens is 378 g/mol. The first kappa shape index (κ1) is 21.6. The van der Waals surface area contributed by atoms with Gasteiger partial charge in [-0.05, 0) is 31.2 Å². The standard InChI is InChI=1S/C13H14BrNO4.C4H6O/c1-8(5-6-19-2)12(16)15-11-4-3-9(14)7-10(11)13(17)18;1-3-4(2)5/h3-5,7H,6H2,1-2H3,(H,15,16)(H,17,18);3,5H,1-2H2/b8-5+;. The smallest absolute Gasteiger partial charge is 0.337 e. The van der Waals surface area contributed by atoms with Crippen LogP contribution in [0.3, 0.4) is 0 Å². The quantitative estimate of drug-likeness (QED) is 0.384. The van der Waals surface area contributed by atoms with Gasteiger partial charge >= 0.3 is 5.97 Å². The summed E-state index contributed by atoms with van der Waals surface area (Å²) in [6, 6.07) is 4.64. The van der Waals surface area contributed by atoms with Crippen LogP contribution in [-0.2, 0) is 9.53 Å². The van der Waals surface area contributed by atoms with Gasteiger partial charge in [0.2, 0.25) is 0 Å². The number of benzene rings is 1. The molecule has 7 heteroatoms. The van der Waals surface area contributed by atoms with Gasteiger partial charge in [0.05, 0.1) is 17.9 Å². The number of methoxy groups -OCH3 is 1. The SMILES string of the molecule is C=CC(=C)O.COC/C=C(\C)C(=O)Nc1ccc(Br)cc1C(=O)O. The molecule has 6 nitrogen and oxygen atoms in total. The van der Waals surface area contributed by atoms with Crippen molar-refractivity contribution in [3.63, 3.8) is 0 Å². The van der Waals surface area contributed by atoms with Gasteiger partial charge < -0.3 is 20.3 Å². The number of aliphatic hydroxyl groups is 1. The molecule has 0 heterocycles. The second-order valence-corrected chi connectivity index (χ2v) is 5.40. The third kappa shape index (κ3) is 8.30. The van der Waals surface area contributed by atoms with E-state index in [1.807, 2.05) is 0 Å². The number of carboxylic acids is 1. The molecule has 0 spiro atoms. The van der Waals surface area contributed by atoms with E-state index in [1.54, 1.807) is 19.1 Å². The average molecular weight is 398 g/mol. The zero-order chi connectivity index (χ0) is 18.7. The van der Waals surface area contributed by atoms with Gasteiger partial charge in [0.15, 0.2) is 0 Å². The predicted octanol–water partition coefficient (Wildman–Crippen LogP) is 3.92. The van der Waals surface area contributed by atoms with E-state index in [-0.39, 0.29) is 22.9 Å². The molecule has 1 amide bonds. The summed E-state index contributed by atoms with van der Waals surface area (Å²) in [6.45, 7) is 8.28. The molecule has 0 saturated heterocycles. The first-order valence-electron chi connectivity index (χ1n) is 6.73. The van der Waals surface area contributed by atoms with Gasteiger partial charge in [0.1, 0.15) is 5.76 Å². The van der Waals surface area contributed by atoms with Crippen molar-refractivity contribution in [3.05, 3.63) is 64.9 Å². The number of hydrogen-bond acceptors (Lipinski definition) is 4. The van der Waals surface area contributed by atoms with Crippen LogP contribution in [0.1, 0.15) is 17.3 Å². The van der Waals surface area contributed by atoms with Crippen LogP contribution in [0.15, 0.2) is 59.3 Å². The Bertz CT molecular complexity index is 652. The van der Waals surface area contributed by atoms with Crippen LogP contribution >= 0.6 is 15.9 Å². The number of nitrogens with one attached hydrogen (secondary N) is 1. The lowest BCUT2D eigenvalue weighted by molar-refractivity contribution is -0.112. The Kier molecular flexibility index (Phi) is 10.1. The Hall–Kier alpha value is -2.38. The number of aromatic carboxylic acids is 1. The molecule has 0 aliphatic carbocycles. The minimum Gasteiger partial charge on any atom is -0.509 e. The number of amides is 1. The molecule has 0 aromatic heterocycles. The van der Waals surface area contributed by atoms with Crippen LogP contribution in [0.5, 0.6) is 0 Å². The number of anilines is 1. The maximum absolute atomic E-state index is 11.8. The first-order chi connectivity index (χ1) is 11.2. The van der Waals surface area contributed by atoms with Crippen molar-refractivity contribution >= 4 is 33.5 Å². The summed E-state index contributed by atoms with van der Waals surface area (Å²) >= 11 is 3.19. The highest BCUT2D eigenvalue weighted by molar-refractivity contribution is 9.10. The minimum absolute atomic E-state index is 0.0185. The van der Waals surface area contributed by atoms with E-state index in [4.69, 9.17) is 14.9 Å². The van der Waals surface area contributed by atoms with E-state index < -0.39 is 5.97 Å². The normalized spacial score (nSPS) is 10.2. The zero-order valence-corrected chi connectivity index (χ0v) is 15.1. The molecule has 1 aromatic carbocycles. The molecule has 0 unspecified atom stereocenters. The van der Waals surface area contributed by atoms with Crippen molar-refractivity contribution in [2.45, 2.75) is 6.92 Å². The molecule has 130 valence electrons. The number of allylic oxidation sites excluding steroid dienone is 1. The predicted molar refractivity (Wildman–Crippen MR) is 97.3 cm³/mol. The molecule has 0 radical (unpaired) electrons. The highest BCUT2D eigenvalue weighted by Gasteiger charge is 2.13. The number of rotatable bonds is 6. The Morgan fingerprint density at radius 2 is 1.96 bits per heavy atom. The van der Waals surface area contributed by atoms with Crippen LogP contribution in [0.4, 0.5) is 5.69 Å². The van der Waals surface area contributed by atoms with Crippen molar-refractivity contribution in [1.29, 1.82) is 0 Å². The van der Waals surface area contributed by atoms with Crippen molar-refractivity contribution in [2.75, 3.05) is 19.0 Å². The Labute approximate surface area is 149 Å². The molecule has 0 fully saturated rings. The summed E-state index contributed by atoms with van der Waals surface area (Å²) in [5.74, 6) is -1.44. The minimum atomic E-state index is -1.10. The van der Waals surface area contributed by atoms with E-state index in [9.17, 15) is 9.59 Å². The van der Waals surface area contributed by atoms with E-state index in [2.05, 4.69) is 34.4 Å². The third-order valence-electron chi connectivity index (χ3n) is 2.61. The van der Waals surface area contributed by atoms with Gasteiger partial charge in [-0.3, -0.25) is 4.79 Å². The van der Waals surface area contributed by atoms with Gasteiger partial charge in [-0.15, -0.1) is 0 Å². The Morgan fingerprint density at radius 3 is 2.42 bits per heavy atom. The number of carbonyl (C=O) groups excluding carboxylic acids is 1. The largest absolute Gasteiger partial charge is 0.509 e. The van der Waals surface area contributed by atoms with Gasteiger partial charge in [-0.1, -0.05) is 35.2 Å². The number of aliphatic hydroxyl groups excluding tert-OH is 1. The maximum Gasteiger partial charge on any atom is 0.337 e. The number of hydrogen-bond donors (Lipinski definition) is 3. The van der Waals surface area contributed by atoms with Crippen LogP contribution < -0.4 is 5.32 Å². The number of ether oxygens (including phenoxy) is 1. The monoisotopic (exact) mass is 397 g/mol. The molecule has 1 rings (SSSR count). The molecule has 0 aliphatic heterocycles. The van der Waals surface area contributed by atoms with Crippen molar-refractivity contribution in [3.8, 4) is 0 Å². The molecule has 3 N–H and O–H groups in total. The van der Waals surface area contributed by atoms with Gasteiger partial charge in [-0.25, -0.2) is 4.79 Å². The molecule has 0 atom stereocenters. The molecule has 1 aromatic rings. The molecule has 0 saturated carbocycles. The fourth-order valence-electron chi connectivity index (χ4n) is 1.32. The average Bonchev–Trinajstić information content (AvgIpc) is 2.54. The van der Waals surface area contributed by atoms with E-state index >= 15 is 0 Å². The number of carbonyl (C=O) groups is 2. The molecule has 24 heavy (non-hydrogen) atoms. The topological polar surface area (TPSA) is 95.9 Å². The fraction of sp³-hybridized carbons (Fsp3) is 0.176. The first-order valence-corrected chi connectivity index (χ1v) is 7.52. The summed E-state index contributed by atoms with van der Waals surface area (Å²) in [4.78, 5) is 22.9. The van der Waals surface area contributed by atoms with Crippen LogP contribution in [0.25, 0.3) is 0 Å². The lowest BCUT2D eigenvalue weighted by Crippen LogP contribution is -2.15. The number of halogens is 1. The van der Waals surface area contributed by atoms with Crippen molar-refractivity contribution in [2.24, 2.45) is 0 Å². The molecule has 0 aliphatic rings. The van der Waals surface area contributed by atoms with E-state index in [0.29, 0.717) is 16.7 Å². The summed E-state index contributed by atoms with van der Waals surface area (Å²) in [6.07, 6.45) is 2.90. The third-order valence-corrected chi connectivity index (χ3v) is 3.10. The lowest BCUT2D eigenvalue weighted by Gasteiger charge is -2.09. The van der Waals surface area contributed by atoms with Gasteiger partial charge in [-0.2, -0.15) is 0 Å². The summed E-state index contributed by atoms with van der Waals surface area (Å²) in [5.41, 5.74) is 0.745. The highest BCUT2D eigenvalue weighted by atomic mass is 79.9. The molecular formula is C17H20BrNO5. The maximum atomic E-state index is 11.8. The Balaban J connectivity index is 0.000000922. The van der Waals surface area contributed by atoms with Crippen molar-refractivity contribution < 1.29 is 24.5 Å². The van der Waals surface area contributed by atoms with Crippen LogP contribution in [0, 0.1) is 0 Å². The van der Waals surface area contributed by atoms with E-state index in [1.165, 1.54) is 25.3 Å². The lowest BCUT2D eigenvalue weighted by atomic mass is 10.1. The van der Waals surface area contributed by atoms with Crippen molar-refractivity contribution in [1.82, 2.24) is 0 Å². The van der Waals surface area contributed by atoms with Crippen LogP contribution in [0.2, 0.25) is 0 Å². The Morgan fingerprint density at radius 1 is 1.38 bits per heavy atom. The summed E-state index contributed by atoms with van der Waals surface area (Å²) in [5, 5.41) is 19.7. The summed E-state index contributed by atoms with van der Waals surface area (Å²) in [7, 11) is 1.53. The van der Waals surface area contributed by atoms with E-state index in [0.717, 1.165) is 0 Å². The van der Waals surface area contributed by atoms with Gasteiger partial charge in [0, 0.05) is 17.2 Å². The highest BCUT2D eigenvalue weighted by Crippen LogP contribution is 2.21. The fourth-order valence-corrected chi connectivity index (χ4v) is 1.69. The summed E-state index contributed by atoms with van der Waals surface area (Å²) < 4.78 is 5.47. The molecule has 0 bridgehead atoms. The zero-order valence-electron chi connectivity index (χ0n) is 13.5. The van der Waals surface area contributed by atoms with Crippen LogP contribution in [-0.4, -0.2) is 35.8 Å². The second kappa shape index (κ2) is 11.2.